The average molecular weight is 437 g/mol. The second-order valence-electron chi connectivity index (χ2n) is 7.52. The van der Waals surface area contributed by atoms with E-state index in [-0.39, 0.29) is 24.9 Å². The molecule has 0 aromatic heterocycles. The van der Waals surface area contributed by atoms with Gasteiger partial charge in [-0.2, -0.15) is 0 Å². The van der Waals surface area contributed by atoms with Crippen molar-refractivity contribution in [1.82, 2.24) is 5.32 Å². The SMILES string of the molecule is Cc1ccc(C)c([C@H](C)NC(=O)CCCN(c2cc(Cl)ccc2C)S(C)(=O)=O)c1. The molecule has 0 aliphatic rings. The van der Waals surface area contributed by atoms with E-state index < -0.39 is 10.0 Å². The first-order chi connectivity index (χ1) is 13.5. The molecule has 2 aromatic rings. The van der Waals surface area contributed by atoms with Crippen LogP contribution in [-0.2, 0) is 14.8 Å². The Morgan fingerprint density at radius 3 is 2.41 bits per heavy atom. The Balaban J connectivity index is 2.01. The summed E-state index contributed by atoms with van der Waals surface area (Å²) < 4.78 is 25.9. The number of amides is 1. The zero-order valence-corrected chi connectivity index (χ0v) is 19.2. The van der Waals surface area contributed by atoms with Gasteiger partial charge in [0.05, 0.1) is 18.0 Å². The molecule has 0 unspecified atom stereocenters. The summed E-state index contributed by atoms with van der Waals surface area (Å²) in [5, 5.41) is 3.48. The molecular weight excluding hydrogens is 408 g/mol. The number of nitrogens with zero attached hydrogens (tertiary/aromatic N) is 1. The highest BCUT2D eigenvalue weighted by Gasteiger charge is 2.20. The van der Waals surface area contributed by atoms with Crippen LogP contribution in [0.5, 0.6) is 0 Å². The maximum absolute atomic E-state index is 12.4. The van der Waals surface area contributed by atoms with Crippen molar-refractivity contribution >= 4 is 33.2 Å². The first-order valence-electron chi connectivity index (χ1n) is 9.59. The third-order valence-electron chi connectivity index (χ3n) is 4.88. The number of benzene rings is 2. The lowest BCUT2D eigenvalue weighted by molar-refractivity contribution is -0.121. The minimum atomic E-state index is -3.49. The van der Waals surface area contributed by atoms with Crippen LogP contribution in [0.3, 0.4) is 0 Å². The molecule has 1 N–H and O–H groups in total. The van der Waals surface area contributed by atoms with E-state index in [4.69, 9.17) is 11.6 Å². The fourth-order valence-electron chi connectivity index (χ4n) is 3.32. The lowest BCUT2D eigenvalue weighted by Crippen LogP contribution is -2.33. The van der Waals surface area contributed by atoms with Gasteiger partial charge in [-0.15, -0.1) is 0 Å². The predicted molar refractivity (Wildman–Crippen MR) is 120 cm³/mol. The molecule has 29 heavy (non-hydrogen) atoms. The zero-order valence-electron chi connectivity index (χ0n) is 17.6. The molecule has 7 heteroatoms. The van der Waals surface area contributed by atoms with Crippen LogP contribution in [0.25, 0.3) is 0 Å². The van der Waals surface area contributed by atoms with Crippen LogP contribution in [0, 0.1) is 20.8 Å². The topological polar surface area (TPSA) is 66.5 Å². The molecular formula is C22H29ClN2O3S. The fraction of sp³-hybridized carbons (Fsp3) is 0.409. The number of sulfonamides is 1. The van der Waals surface area contributed by atoms with E-state index in [9.17, 15) is 13.2 Å². The highest BCUT2D eigenvalue weighted by atomic mass is 35.5. The normalized spacial score (nSPS) is 12.5. The van der Waals surface area contributed by atoms with Gasteiger partial charge in [-0.25, -0.2) is 8.42 Å². The minimum Gasteiger partial charge on any atom is -0.350 e. The summed E-state index contributed by atoms with van der Waals surface area (Å²) in [5.41, 5.74) is 4.72. The first kappa shape index (κ1) is 23.2. The summed E-state index contributed by atoms with van der Waals surface area (Å²) in [5.74, 6) is -0.102. The summed E-state index contributed by atoms with van der Waals surface area (Å²) in [6.07, 6.45) is 1.81. The van der Waals surface area contributed by atoms with Crippen molar-refractivity contribution in [1.29, 1.82) is 0 Å². The maximum atomic E-state index is 12.4. The third-order valence-corrected chi connectivity index (χ3v) is 6.30. The van der Waals surface area contributed by atoms with E-state index in [0.717, 1.165) is 28.5 Å². The molecule has 2 rings (SSSR count). The quantitative estimate of drug-likeness (QED) is 0.652. The minimum absolute atomic E-state index is 0.102. The molecule has 0 bridgehead atoms. The Hall–Kier alpha value is -2.05. The smallest absolute Gasteiger partial charge is 0.232 e. The summed E-state index contributed by atoms with van der Waals surface area (Å²) >= 11 is 6.05. The largest absolute Gasteiger partial charge is 0.350 e. The van der Waals surface area contributed by atoms with Crippen LogP contribution in [-0.4, -0.2) is 27.1 Å². The maximum Gasteiger partial charge on any atom is 0.232 e. The van der Waals surface area contributed by atoms with Gasteiger partial charge in [0.1, 0.15) is 0 Å². The first-order valence-corrected chi connectivity index (χ1v) is 11.8. The molecule has 0 spiro atoms. The number of aryl methyl sites for hydroxylation is 3. The number of hydrogen-bond donors (Lipinski definition) is 1. The summed E-state index contributed by atoms with van der Waals surface area (Å²) in [6.45, 7) is 8.05. The number of nitrogens with one attached hydrogen (secondary N) is 1. The molecule has 1 amide bonds. The van der Waals surface area contributed by atoms with Crippen LogP contribution in [0.15, 0.2) is 36.4 Å². The van der Waals surface area contributed by atoms with E-state index in [1.54, 1.807) is 18.2 Å². The summed E-state index contributed by atoms with van der Waals surface area (Å²) in [7, 11) is -3.49. The average Bonchev–Trinajstić information content (AvgIpc) is 2.62. The number of halogens is 1. The van der Waals surface area contributed by atoms with Gasteiger partial charge >= 0.3 is 0 Å². The van der Waals surface area contributed by atoms with Gasteiger partial charge in [-0.3, -0.25) is 9.10 Å². The lowest BCUT2D eigenvalue weighted by Gasteiger charge is -2.24. The van der Waals surface area contributed by atoms with E-state index in [1.165, 1.54) is 4.31 Å². The Labute approximate surface area is 179 Å². The molecule has 0 saturated heterocycles. The van der Waals surface area contributed by atoms with Gasteiger partial charge in [-0.1, -0.05) is 41.4 Å². The van der Waals surface area contributed by atoms with Crippen LogP contribution in [0.1, 0.15) is 48.1 Å². The standard InChI is InChI=1S/C22H29ClN2O3S/c1-15-8-9-16(2)20(13-15)18(4)24-22(26)7-6-12-25(29(5,27)28)21-14-19(23)11-10-17(21)3/h8-11,13-14,18H,6-7,12H2,1-5H3,(H,24,26)/t18-/m0/s1. The molecule has 158 valence electrons. The van der Waals surface area contributed by atoms with Gasteiger partial charge in [0, 0.05) is 18.0 Å². The lowest BCUT2D eigenvalue weighted by atomic mass is 10.00. The van der Waals surface area contributed by atoms with Crippen LogP contribution < -0.4 is 9.62 Å². The van der Waals surface area contributed by atoms with Gasteiger partial charge < -0.3 is 5.32 Å². The van der Waals surface area contributed by atoms with Gasteiger partial charge in [0.2, 0.25) is 15.9 Å². The highest BCUT2D eigenvalue weighted by Crippen LogP contribution is 2.26. The van der Waals surface area contributed by atoms with Crippen molar-refractivity contribution in [2.24, 2.45) is 0 Å². The molecule has 0 aliphatic heterocycles. The van der Waals surface area contributed by atoms with E-state index in [0.29, 0.717) is 17.1 Å². The van der Waals surface area contributed by atoms with Crippen molar-refractivity contribution in [2.75, 3.05) is 17.1 Å². The molecule has 0 saturated carbocycles. The van der Waals surface area contributed by atoms with Crippen molar-refractivity contribution in [3.8, 4) is 0 Å². The van der Waals surface area contributed by atoms with Crippen molar-refractivity contribution in [2.45, 2.75) is 46.6 Å². The Morgan fingerprint density at radius 2 is 1.76 bits per heavy atom. The summed E-state index contributed by atoms with van der Waals surface area (Å²) in [4.78, 5) is 12.4. The fourth-order valence-corrected chi connectivity index (χ4v) is 4.50. The van der Waals surface area contributed by atoms with Crippen molar-refractivity contribution in [3.63, 3.8) is 0 Å². The monoisotopic (exact) mass is 436 g/mol. The molecule has 5 nitrogen and oxygen atoms in total. The Morgan fingerprint density at radius 1 is 1.10 bits per heavy atom. The third kappa shape index (κ3) is 6.47. The van der Waals surface area contributed by atoms with E-state index >= 15 is 0 Å². The number of anilines is 1. The number of rotatable bonds is 8. The highest BCUT2D eigenvalue weighted by molar-refractivity contribution is 7.92. The number of hydrogen-bond acceptors (Lipinski definition) is 3. The van der Waals surface area contributed by atoms with Crippen LogP contribution in [0.2, 0.25) is 5.02 Å². The second-order valence-corrected chi connectivity index (χ2v) is 9.86. The number of carbonyl (C=O) groups is 1. The van der Waals surface area contributed by atoms with E-state index in [1.807, 2.05) is 39.8 Å². The van der Waals surface area contributed by atoms with Gasteiger partial charge in [0.25, 0.3) is 0 Å². The molecule has 0 radical (unpaired) electrons. The van der Waals surface area contributed by atoms with Crippen molar-refractivity contribution in [3.05, 3.63) is 63.7 Å². The zero-order chi connectivity index (χ0) is 21.8. The van der Waals surface area contributed by atoms with Crippen molar-refractivity contribution < 1.29 is 13.2 Å². The van der Waals surface area contributed by atoms with E-state index in [2.05, 4.69) is 11.4 Å². The molecule has 0 aliphatic carbocycles. The summed E-state index contributed by atoms with van der Waals surface area (Å²) in [6, 6.07) is 11.2. The molecule has 0 heterocycles. The Bertz CT molecular complexity index is 990. The van der Waals surface area contributed by atoms with Gasteiger partial charge in [0.15, 0.2) is 0 Å². The Kier molecular flexibility index (Phi) is 7.72. The molecule has 2 aromatic carbocycles. The second kappa shape index (κ2) is 9.63. The van der Waals surface area contributed by atoms with Crippen LogP contribution >= 0.6 is 11.6 Å². The van der Waals surface area contributed by atoms with Crippen LogP contribution in [0.4, 0.5) is 5.69 Å². The van der Waals surface area contributed by atoms with Gasteiger partial charge in [-0.05, 0) is 62.9 Å². The predicted octanol–water partition coefficient (Wildman–Crippen LogP) is 4.69. The molecule has 0 fully saturated rings. The molecule has 1 atom stereocenters. The number of carbonyl (C=O) groups excluding carboxylic acids is 1.